The minimum absolute atomic E-state index is 0.263. The topological polar surface area (TPSA) is 66.8 Å². The summed E-state index contributed by atoms with van der Waals surface area (Å²) in [7, 11) is 1.51. The lowest BCUT2D eigenvalue weighted by atomic mass is 10.0. The van der Waals surface area contributed by atoms with Crippen molar-refractivity contribution in [1.82, 2.24) is 0 Å². The Bertz CT molecular complexity index is 364. The molecule has 82 valence electrons. The van der Waals surface area contributed by atoms with Crippen molar-refractivity contribution in [3.63, 3.8) is 0 Å². The Labute approximate surface area is 95.6 Å². The first kappa shape index (κ1) is 12.2. The third-order valence-corrected chi connectivity index (χ3v) is 2.43. The Morgan fingerprint density at radius 3 is 2.80 bits per heavy atom. The molecule has 1 atom stereocenters. The molecule has 1 aromatic rings. The van der Waals surface area contributed by atoms with Crippen LogP contribution in [0.2, 0.25) is 0 Å². The number of carboxylic acid groups (broad SMARTS) is 1. The van der Waals surface area contributed by atoms with Crippen LogP contribution in [0.15, 0.2) is 22.7 Å². The van der Waals surface area contributed by atoms with Gasteiger partial charge in [0, 0.05) is 11.6 Å². The molecule has 4 nitrogen and oxygen atoms in total. The quantitative estimate of drug-likeness (QED) is 0.877. The fraction of sp³-hybridized carbons (Fsp3) is 0.300. The second-order valence-electron chi connectivity index (χ2n) is 3.02. The van der Waals surface area contributed by atoms with Gasteiger partial charge in [0.25, 0.3) is 0 Å². The summed E-state index contributed by atoms with van der Waals surface area (Å²) < 4.78 is 5.74. The SMILES string of the molecule is COCc1cc(Br)ccc1C(O)C(=O)O. The van der Waals surface area contributed by atoms with Crippen LogP contribution in [-0.4, -0.2) is 23.3 Å². The molecule has 0 aliphatic carbocycles. The van der Waals surface area contributed by atoms with Crippen molar-refractivity contribution in [2.75, 3.05) is 7.11 Å². The van der Waals surface area contributed by atoms with E-state index in [1.807, 2.05) is 0 Å². The highest BCUT2D eigenvalue weighted by Gasteiger charge is 2.19. The van der Waals surface area contributed by atoms with Gasteiger partial charge in [-0.05, 0) is 23.3 Å². The molecule has 2 N–H and O–H groups in total. The zero-order valence-corrected chi connectivity index (χ0v) is 9.69. The highest BCUT2D eigenvalue weighted by molar-refractivity contribution is 9.10. The van der Waals surface area contributed by atoms with Crippen molar-refractivity contribution in [2.24, 2.45) is 0 Å². The van der Waals surface area contributed by atoms with E-state index in [4.69, 9.17) is 9.84 Å². The van der Waals surface area contributed by atoms with Gasteiger partial charge in [0.1, 0.15) is 0 Å². The number of ether oxygens (including phenoxy) is 1. The molecule has 1 rings (SSSR count). The molecule has 0 radical (unpaired) electrons. The number of aliphatic hydroxyl groups is 1. The number of benzene rings is 1. The second kappa shape index (κ2) is 5.25. The second-order valence-corrected chi connectivity index (χ2v) is 3.93. The number of methoxy groups -OCH3 is 1. The van der Waals surface area contributed by atoms with Gasteiger partial charge < -0.3 is 14.9 Å². The fourth-order valence-corrected chi connectivity index (χ4v) is 1.66. The molecular weight excluding hydrogens is 264 g/mol. The van der Waals surface area contributed by atoms with Crippen LogP contribution >= 0.6 is 15.9 Å². The average molecular weight is 275 g/mol. The molecule has 0 fully saturated rings. The molecular formula is C10H11BrO4. The number of rotatable bonds is 4. The first-order valence-corrected chi connectivity index (χ1v) is 5.03. The highest BCUT2D eigenvalue weighted by Crippen LogP contribution is 2.23. The zero-order chi connectivity index (χ0) is 11.4. The predicted octanol–water partition coefficient (Wildman–Crippen LogP) is 1.71. The Hall–Kier alpha value is -0.910. The van der Waals surface area contributed by atoms with Crippen LogP contribution in [0.25, 0.3) is 0 Å². The van der Waals surface area contributed by atoms with E-state index in [1.165, 1.54) is 7.11 Å². The van der Waals surface area contributed by atoms with Gasteiger partial charge in [0.05, 0.1) is 6.61 Å². The van der Waals surface area contributed by atoms with E-state index in [2.05, 4.69) is 15.9 Å². The largest absolute Gasteiger partial charge is 0.479 e. The van der Waals surface area contributed by atoms with Crippen molar-refractivity contribution < 1.29 is 19.7 Å². The molecule has 0 spiro atoms. The third kappa shape index (κ3) is 3.02. The lowest BCUT2D eigenvalue weighted by Gasteiger charge is -2.12. The maximum absolute atomic E-state index is 10.6. The standard InChI is InChI=1S/C10H11BrO4/c1-15-5-6-4-7(11)2-3-8(6)9(12)10(13)14/h2-4,9,12H,5H2,1H3,(H,13,14). The minimum Gasteiger partial charge on any atom is -0.479 e. The molecule has 0 heterocycles. The Morgan fingerprint density at radius 2 is 2.27 bits per heavy atom. The van der Waals surface area contributed by atoms with Crippen molar-refractivity contribution in [1.29, 1.82) is 0 Å². The van der Waals surface area contributed by atoms with Crippen molar-refractivity contribution in [3.8, 4) is 0 Å². The van der Waals surface area contributed by atoms with Gasteiger partial charge in [-0.3, -0.25) is 0 Å². The van der Waals surface area contributed by atoms with Gasteiger partial charge in [0.2, 0.25) is 0 Å². The summed E-state index contributed by atoms with van der Waals surface area (Å²) in [5.74, 6) is -1.27. The summed E-state index contributed by atoms with van der Waals surface area (Å²) in [4.78, 5) is 10.6. The molecule has 0 saturated heterocycles. The molecule has 0 aliphatic heterocycles. The molecule has 0 bridgehead atoms. The summed E-state index contributed by atoms with van der Waals surface area (Å²) in [6.07, 6.45) is -1.51. The number of aliphatic hydroxyl groups excluding tert-OH is 1. The smallest absolute Gasteiger partial charge is 0.337 e. The summed E-state index contributed by atoms with van der Waals surface area (Å²) >= 11 is 3.27. The van der Waals surface area contributed by atoms with Crippen LogP contribution < -0.4 is 0 Å². The summed E-state index contributed by atoms with van der Waals surface area (Å²) in [6, 6.07) is 4.98. The molecule has 15 heavy (non-hydrogen) atoms. The first-order chi connectivity index (χ1) is 7.06. The molecule has 0 aromatic heterocycles. The van der Waals surface area contributed by atoms with E-state index in [9.17, 15) is 9.90 Å². The number of halogens is 1. The number of carbonyl (C=O) groups is 1. The van der Waals surface area contributed by atoms with Crippen LogP contribution in [-0.2, 0) is 16.1 Å². The van der Waals surface area contributed by atoms with Gasteiger partial charge in [-0.1, -0.05) is 22.0 Å². The lowest BCUT2D eigenvalue weighted by Crippen LogP contribution is -2.13. The summed E-state index contributed by atoms with van der Waals surface area (Å²) in [5.41, 5.74) is 1.01. The predicted molar refractivity (Wildman–Crippen MR) is 57.5 cm³/mol. The van der Waals surface area contributed by atoms with Crippen LogP contribution in [0.4, 0.5) is 0 Å². The van der Waals surface area contributed by atoms with Crippen molar-refractivity contribution in [3.05, 3.63) is 33.8 Å². The average Bonchev–Trinajstić information content (AvgIpc) is 2.17. The van der Waals surface area contributed by atoms with E-state index < -0.39 is 12.1 Å². The van der Waals surface area contributed by atoms with Crippen LogP contribution in [0.1, 0.15) is 17.2 Å². The van der Waals surface area contributed by atoms with E-state index in [-0.39, 0.29) is 6.61 Å². The van der Waals surface area contributed by atoms with E-state index in [0.717, 1.165) is 4.47 Å². The van der Waals surface area contributed by atoms with Crippen LogP contribution in [0, 0.1) is 0 Å². The molecule has 1 unspecified atom stereocenters. The van der Waals surface area contributed by atoms with Crippen molar-refractivity contribution in [2.45, 2.75) is 12.7 Å². The molecule has 0 saturated carbocycles. The zero-order valence-electron chi connectivity index (χ0n) is 8.11. The number of hydrogen-bond donors (Lipinski definition) is 2. The normalized spacial score (nSPS) is 12.5. The Balaban J connectivity index is 3.10. The van der Waals surface area contributed by atoms with Gasteiger partial charge in [0.15, 0.2) is 6.10 Å². The van der Waals surface area contributed by atoms with E-state index in [0.29, 0.717) is 11.1 Å². The fourth-order valence-electron chi connectivity index (χ4n) is 1.25. The van der Waals surface area contributed by atoms with Gasteiger partial charge in [-0.2, -0.15) is 0 Å². The van der Waals surface area contributed by atoms with Crippen molar-refractivity contribution >= 4 is 21.9 Å². The van der Waals surface area contributed by atoms with Crippen LogP contribution in [0.5, 0.6) is 0 Å². The lowest BCUT2D eigenvalue weighted by molar-refractivity contribution is -0.147. The maximum Gasteiger partial charge on any atom is 0.337 e. The molecule has 1 aromatic carbocycles. The number of aliphatic carboxylic acids is 1. The number of carboxylic acids is 1. The minimum atomic E-state index is -1.51. The number of hydrogen-bond acceptors (Lipinski definition) is 3. The molecule has 5 heteroatoms. The first-order valence-electron chi connectivity index (χ1n) is 4.24. The van der Waals surface area contributed by atoms with Gasteiger partial charge in [-0.25, -0.2) is 4.79 Å². The molecule has 0 amide bonds. The van der Waals surface area contributed by atoms with Gasteiger partial charge in [-0.15, -0.1) is 0 Å². The monoisotopic (exact) mass is 274 g/mol. The summed E-state index contributed by atoms with van der Waals surface area (Å²) in [5, 5.41) is 18.1. The molecule has 0 aliphatic rings. The van der Waals surface area contributed by atoms with Gasteiger partial charge >= 0.3 is 5.97 Å². The summed E-state index contributed by atoms with van der Waals surface area (Å²) in [6.45, 7) is 0.263. The Kier molecular flexibility index (Phi) is 4.26. The Morgan fingerprint density at radius 1 is 1.60 bits per heavy atom. The highest BCUT2D eigenvalue weighted by atomic mass is 79.9. The van der Waals surface area contributed by atoms with Crippen LogP contribution in [0.3, 0.4) is 0 Å². The van der Waals surface area contributed by atoms with E-state index >= 15 is 0 Å². The maximum atomic E-state index is 10.6. The van der Waals surface area contributed by atoms with E-state index in [1.54, 1.807) is 18.2 Å². The third-order valence-electron chi connectivity index (χ3n) is 1.93.